The molecule has 0 bridgehead atoms. The van der Waals surface area contributed by atoms with Crippen molar-refractivity contribution in [1.29, 1.82) is 0 Å². The second kappa shape index (κ2) is 10.1. The van der Waals surface area contributed by atoms with Crippen LogP contribution in [0, 0.1) is 0 Å². The van der Waals surface area contributed by atoms with Gasteiger partial charge in [-0.05, 0) is 56.5 Å². The van der Waals surface area contributed by atoms with Crippen LogP contribution in [0.3, 0.4) is 0 Å². The molecule has 1 saturated heterocycles. The molecule has 1 N–H and O–H groups in total. The Hall–Kier alpha value is -1.73. The van der Waals surface area contributed by atoms with Crippen LogP contribution in [-0.2, 0) is 16.4 Å². The third kappa shape index (κ3) is 6.91. The van der Waals surface area contributed by atoms with Crippen molar-refractivity contribution >= 4 is 27.4 Å². The van der Waals surface area contributed by atoms with Gasteiger partial charge < -0.3 is 4.90 Å². The highest BCUT2D eigenvalue weighted by Gasteiger charge is 2.37. The number of piperidine rings is 1. The lowest BCUT2D eigenvalue weighted by Gasteiger charge is -2.43. The molecule has 0 saturated carbocycles. The molecule has 1 atom stereocenters. The summed E-state index contributed by atoms with van der Waals surface area (Å²) in [5, 5.41) is 0.664. The summed E-state index contributed by atoms with van der Waals surface area (Å²) >= 11 is 6.00. The van der Waals surface area contributed by atoms with Crippen LogP contribution < -0.4 is 4.72 Å². The molecule has 1 fully saturated rings. The number of carbonyl (C=O) groups excluding carboxylic acids is 1. The van der Waals surface area contributed by atoms with E-state index in [1.54, 1.807) is 0 Å². The molecule has 7 heteroatoms. The van der Waals surface area contributed by atoms with Crippen molar-refractivity contribution in [3.63, 3.8) is 0 Å². The minimum atomic E-state index is -3.36. The van der Waals surface area contributed by atoms with E-state index in [2.05, 4.69) is 9.62 Å². The molecule has 3 rings (SSSR count). The third-order valence-electron chi connectivity index (χ3n) is 5.49. The summed E-state index contributed by atoms with van der Waals surface area (Å²) in [6.07, 6.45) is 4.75. The van der Waals surface area contributed by atoms with Gasteiger partial charge in [0.15, 0.2) is 5.78 Å². The zero-order valence-corrected chi connectivity index (χ0v) is 18.9. The number of nitrogens with one attached hydrogen (secondary N) is 1. The summed E-state index contributed by atoms with van der Waals surface area (Å²) in [6, 6.07) is 16.9. The van der Waals surface area contributed by atoms with Crippen LogP contribution in [0.5, 0.6) is 0 Å². The first kappa shape index (κ1) is 22.9. The first-order valence-corrected chi connectivity index (χ1v) is 12.6. The van der Waals surface area contributed by atoms with Crippen molar-refractivity contribution in [3.05, 3.63) is 70.7 Å². The van der Waals surface area contributed by atoms with E-state index >= 15 is 0 Å². The van der Waals surface area contributed by atoms with Gasteiger partial charge in [0.25, 0.3) is 0 Å². The average Bonchev–Trinajstić information content (AvgIpc) is 2.69. The smallest absolute Gasteiger partial charge is 0.209 e. The lowest BCUT2D eigenvalue weighted by atomic mass is 9.84. The molecule has 0 spiro atoms. The largest absolute Gasteiger partial charge is 0.301 e. The van der Waals surface area contributed by atoms with E-state index in [1.165, 1.54) is 6.26 Å². The van der Waals surface area contributed by atoms with Gasteiger partial charge in [0.05, 0.1) is 6.26 Å². The van der Waals surface area contributed by atoms with Crippen LogP contribution >= 0.6 is 11.6 Å². The third-order valence-corrected chi connectivity index (χ3v) is 6.54. The van der Waals surface area contributed by atoms with Crippen molar-refractivity contribution < 1.29 is 13.2 Å². The Morgan fingerprint density at radius 1 is 1.13 bits per heavy atom. The molecule has 30 heavy (non-hydrogen) atoms. The van der Waals surface area contributed by atoms with Crippen LogP contribution in [0.1, 0.15) is 41.6 Å². The fourth-order valence-corrected chi connectivity index (χ4v) is 5.45. The van der Waals surface area contributed by atoms with Gasteiger partial charge in [-0.1, -0.05) is 54.1 Å². The number of carbonyl (C=O) groups is 1. The molecule has 2 aromatic rings. The molecule has 0 amide bonds. The quantitative estimate of drug-likeness (QED) is 0.590. The lowest BCUT2D eigenvalue weighted by molar-refractivity contribution is 0.0962. The van der Waals surface area contributed by atoms with Gasteiger partial charge in [-0.15, -0.1) is 0 Å². The van der Waals surface area contributed by atoms with Crippen molar-refractivity contribution in [2.45, 2.75) is 37.6 Å². The molecule has 1 aliphatic rings. The highest BCUT2D eigenvalue weighted by Crippen LogP contribution is 2.27. The Morgan fingerprint density at radius 2 is 1.83 bits per heavy atom. The van der Waals surface area contributed by atoms with Crippen LogP contribution in [0.25, 0.3) is 0 Å². The molecular weight excluding hydrogens is 420 g/mol. The van der Waals surface area contributed by atoms with Gasteiger partial charge in [0.2, 0.25) is 10.0 Å². The Morgan fingerprint density at radius 3 is 2.50 bits per heavy atom. The molecule has 1 unspecified atom stereocenters. The summed E-state index contributed by atoms with van der Waals surface area (Å²) in [6.45, 7) is 2.31. The topological polar surface area (TPSA) is 66.5 Å². The summed E-state index contributed by atoms with van der Waals surface area (Å²) in [5.41, 5.74) is 1.24. The SMILES string of the molecule is CS(=O)(=O)NC1(Cc2ccc(Cl)cc2)CCCN(CCCC(=O)c2ccccc2)C1. The molecule has 0 aliphatic carbocycles. The lowest BCUT2D eigenvalue weighted by Crippen LogP contribution is -2.59. The van der Waals surface area contributed by atoms with Gasteiger partial charge in [0, 0.05) is 29.1 Å². The summed E-state index contributed by atoms with van der Waals surface area (Å²) in [5.74, 6) is 0.147. The molecule has 1 aliphatic heterocycles. The van der Waals surface area contributed by atoms with E-state index < -0.39 is 15.6 Å². The predicted molar refractivity (Wildman–Crippen MR) is 122 cm³/mol. The second-order valence-electron chi connectivity index (χ2n) is 8.23. The van der Waals surface area contributed by atoms with Gasteiger partial charge in [-0.2, -0.15) is 0 Å². The molecule has 0 radical (unpaired) electrons. The van der Waals surface area contributed by atoms with E-state index in [0.29, 0.717) is 24.4 Å². The number of sulfonamides is 1. The van der Waals surface area contributed by atoms with E-state index in [4.69, 9.17) is 11.6 Å². The molecule has 5 nitrogen and oxygen atoms in total. The number of Topliss-reactive ketones (excluding diaryl/α,β-unsaturated/α-hetero) is 1. The monoisotopic (exact) mass is 448 g/mol. The van der Waals surface area contributed by atoms with Crippen molar-refractivity contribution in [1.82, 2.24) is 9.62 Å². The Kier molecular flexibility index (Phi) is 7.69. The van der Waals surface area contributed by atoms with Crippen LogP contribution in [-0.4, -0.2) is 50.5 Å². The van der Waals surface area contributed by atoms with Crippen LogP contribution in [0.15, 0.2) is 54.6 Å². The highest BCUT2D eigenvalue weighted by molar-refractivity contribution is 7.88. The number of nitrogens with zero attached hydrogens (tertiary/aromatic N) is 1. The summed E-state index contributed by atoms with van der Waals surface area (Å²) in [4.78, 5) is 14.6. The summed E-state index contributed by atoms with van der Waals surface area (Å²) in [7, 11) is -3.36. The fraction of sp³-hybridized carbons (Fsp3) is 0.435. The molecule has 1 heterocycles. The Bertz CT molecular complexity index is 948. The number of hydrogen-bond donors (Lipinski definition) is 1. The van der Waals surface area contributed by atoms with E-state index in [1.807, 2.05) is 54.6 Å². The van der Waals surface area contributed by atoms with E-state index in [0.717, 1.165) is 43.5 Å². The van der Waals surface area contributed by atoms with E-state index in [9.17, 15) is 13.2 Å². The van der Waals surface area contributed by atoms with Crippen molar-refractivity contribution in [3.8, 4) is 0 Å². The molecule has 0 aromatic heterocycles. The maximum absolute atomic E-state index is 12.3. The Labute approximate surface area is 184 Å². The number of halogens is 1. The summed E-state index contributed by atoms with van der Waals surface area (Å²) < 4.78 is 27.2. The first-order valence-electron chi connectivity index (χ1n) is 10.3. The van der Waals surface area contributed by atoms with Crippen molar-refractivity contribution in [2.24, 2.45) is 0 Å². The molecular formula is C23H29ClN2O3S. The van der Waals surface area contributed by atoms with E-state index in [-0.39, 0.29) is 5.78 Å². The second-order valence-corrected chi connectivity index (χ2v) is 10.4. The average molecular weight is 449 g/mol. The van der Waals surface area contributed by atoms with Gasteiger partial charge in [0.1, 0.15) is 0 Å². The Balaban J connectivity index is 1.64. The van der Waals surface area contributed by atoms with Crippen molar-refractivity contribution in [2.75, 3.05) is 25.9 Å². The number of ketones is 1. The highest BCUT2D eigenvalue weighted by atomic mass is 35.5. The minimum Gasteiger partial charge on any atom is -0.301 e. The maximum Gasteiger partial charge on any atom is 0.209 e. The maximum atomic E-state index is 12.3. The zero-order chi connectivity index (χ0) is 21.6. The predicted octanol–water partition coefficient (Wildman–Crippen LogP) is 3.93. The normalized spacial score (nSPS) is 20.2. The number of rotatable bonds is 9. The van der Waals surface area contributed by atoms with Crippen LogP contribution in [0.2, 0.25) is 5.02 Å². The molecule has 162 valence electrons. The van der Waals surface area contributed by atoms with Gasteiger partial charge >= 0.3 is 0 Å². The number of hydrogen-bond acceptors (Lipinski definition) is 4. The molecule has 2 aromatic carbocycles. The zero-order valence-electron chi connectivity index (χ0n) is 17.3. The number of benzene rings is 2. The van der Waals surface area contributed by atoms with Gasteiger partial charge in [-0.3, -0.25) is 4.79 Å². The minimum absolute atomic E-state index is 0.147. The fourth-order valence-electron chi connectivity index (χ4n) is 4.30. The standard InChI is InChI=1S/C23H29ClN2O3S/c1-30(28,29)25-23(17-19-10-12-21(24)13-11-19)14-6-16-26(18-23)15-5-9-22(27)20-7-3-2-4-8-20/h2-4,7-8,10-13,25H,5-6,9,14-18H2,1H3. The van der Waals surface area contributed by atoms with Gasteiger partial charge in [-0.25, -0.2) is 13.1 Å². The first-order chi connectivity index (χ1) is 14.2. The number of likely N-dealkylation sites (tertiary alicyclic amines) is 1. The van der Waals surface area contributed by atoms with Crippen LogP contribution in [0.4, 0.5) is 0 Å².